The highest BCUT2D eigenvalue weighted by atomic mass is 16.5. The number of hydrogen-bond donors (Lipinski definition) is 0. The van der Waals surface area contributed by atoms with Gasteiger partial charge in [-0.05, 0) is 104 Å². The summed E-state index contributed by atoms with van der Waals surface area (Å²) in [5, 5.41) is 0. The van der Waals surface area contributed by atoms with Crippen molar-refractivity contribution in [3.63, 3.8) is 0 Å². The number of ether oxygens (including phenoxy) is 2. The van der Waals surface area contributed by atoms with Gasteiger partial charge in [0.1, 0.15) is 11.5 Å². The standard InChI is InChI=1S/C30H40O3/c1-3-5-6-7-23-32-26-12-14-27(15-13-26)33-28(31)24-8-10-25(11-9-24)30-20-17-29(16-4-2,18-21-30)19-22-30/h8-15H,3-7,16-23H2,1-2H3. The molecule has 5 rings (SSSR count). The molecule has 0 saturated heterocycles. The fourth-order valence-corrected chi connectivity index (χ4v) is 6.05. The summed E-state index contributed by atoms with van der Waals surface area (Å²) >= 11 is 0. The minimum absolute atomic E-state index is 0.304. The van der Waals surface area contributed by atoms with Crippen LogP contribution in [0.5, 0.6) is 11.5 Å². The number of unbranched alkanes of at least 4 members (excludes halogenated alkanes) is 3. The van der Waals surface area contributed by atoms with Crippen LogP contribution in [0.4, 0.5) is 0 Å². The lowest BCUT2D eigenvalue weighted by molar-refractivity contribution is 0.0320. The summed E-state index contributed by atoms with van der Waals surface area (Å²) in [4.78, 5) is 12.7. The number of fused-ring (bicyclic) bond motifs is 3. The minimum Gasteiger partial charge on any atom is -0.494 e. The maximum atomic E-state index is 12.7. The molecule has 0 heterocycles. The Hall–Kier alpha value is -2.29. The second-order valence-corrected chi connectivity index (χ2v) is 10.4. The van der Waals surface area contributed by atoms with Gasteiger partial charge in [-0.1, -0.05) is 51.7 Å². The lowest BCUT2D eigenvalue weighted by Crippen LogP contribution is -2.44. The van der Waals surface area contributed by atoms with Crippen LogP contribution in [-0.4, -0.2) is 12.6 Å². The second kappa shape index (κ2) is 10.8. The Morgan fingerprint density at radius 2 is 1.39 bits per heavy atom. The molecule has 3 aliphatic rings. The smallest absolute Gasteiger partial charge is 0.343 e. The zero-order valence-electron chi connectivity index (χ0n) is 20.5. The average molecular weight is 449 g/mol. The normalized spacial score (nSPS) is 23.9. The van der Waals surface area contributed by atoms with Gasteiger partial charge in [-0.25, -0.2) is 4.79 Å². The summed E-state index contributed by atoms with van der Waals surface area (Å²) in [6, 6.07) is 15.6. The van der Waals surface area contributed by atoms with Gasteiger partial charge in [0.2, 0.25) is 0 Å². The summed E-state index contributed by atoms with van der Waals surface area (Å²) in [5.41, 5.74) is 2.96. The van der Waals surface area contributed by atoms with E-state index in [1.165, 1.54) is 76.2 Å². The summed E-state index contributed by atoms with van der Waals surface area (Å²) in [7, 11) is 0. The molecule has 0 aliphatic heterocycles. The molecule has 33 heavy (non-hydrogen) atoms. The highest BCUT2D eigenvalue weighted by Crippen LogP contribution is 2.59. The van der Waals surface area contributed by atoms with Crippen LogP contribution in [0, 0.1) is 5.41 Å². The Labute approximate surface area is 199 Å². The van der Waals surface area contributed by atoms with Gasteiger partial charge in [-0.15, -0.1) is 0 Å². The van der Waals surface area contributed by atoms with Crippen molar-refractivity contribution in [1.82, 2.24) is 0 Å². The third-order valence-electron chi connectivity index (χ3n) is 8.22. The molecular weight excluding hydrogens is 408 g/mol. The van der Waals surface area contributed by atoms with Gasteiger partial charge in [-0.2, -0.15) is 0 Å². The second-order valence-electron chi connectivity index (χ2n) is 10.4. The van der Waals surface area contributed by atoms with Crippen LogP contribution >= 0.6 is 0 Å². The lowest BCUT2D eigenvalue weighted by atomic mass is 9.51. The Morgan fingerprint density at radius 3 is 2.00 bits per heavy atom. The quantitative estimate of drug-likeness (QED) is 0.197. The molecule has 0 unspecified atom stereocenters. The molecule has 2 aromatic carbocycles. The maximum Gasteiger partial charge on any atom is 0.343 e. The number of esters is 1. The predicted octanol–water partition coefficient (Wildman–Crippen LogP) is 8.26. The molecule has 0 radical (unpaired) electrons. The molecule has 2 aromatic rings. The molecule has 3 fully saturated rings. The summed E-state index contributed by atoms with van der Waals surface area (Å²) < 4.78 is 11.4. The van der Waals surface area contributed by atoms with Crippen molar-refractivity contribution in [1.29, 1.82) is 0 Å². The Kier molecular flexibility index (Phi) is 7.78. The van der Waals surface area contributed by atoms with E-state index < -0.39 is 0 Å². The minimum atomic E-state index is -0.304. The molecule has 3 saturated carbocycles. The number of rotatable bonds is 11. The van der Waals surface area contributed by atoms with Crippen molar-refractivity contribution in [2.75, 3.05) is 6.61 Å². The van der Waals surface area contributed by atoms with Crippen molar-refractivity contribution in [3.8, 4) is 11.5 Å². The zero-order valence-corrected chi connectivity index (χ0v) is 20.5. The number of benzene rings is 2. The molecule has 3 heteroatoms. The van der Waals surface area contributed by atoms with Crippen LogP contribution in [0.2, 0.25) is 0 Å². The first-order valence-electron chi connectivity index (χ1n) is 13.1. The molecule has 3 nitrogen and oxygen atoms in total. The van der Waals surface area contributed by atoms with E-state index >= 15 is 0 Å². The van der Waals surface area contributed by atoms with Gasteiger partial charge < -0.3 is 9.47 Å². The summed E-state index contributed by atoms with van der Waals surface area (Å²) in [6.45, 7) is 5.25. The summed E-state index contributed by atoms with van der Waals surface area (Å²) in [6.07, 6.45) is 15.4. The SMILES string of the molecule is CCCCCCOc1ccc(OC(=O)c2ccc(C34CCC(CCC)(CC3)CC4)cc2)cc1. The molecule has 0 amide bonds. The number of carbonyl (C=O) groups excluding carboxylic acids is 1. The molecular formula is C30H40O3. The van der Waals surface area contributed by atoms with E-state index in [1.54, 1.807) is 12.1 Å². The number of hydrogen-bond acceptors (Lipinski definition) is 3. The number of carbonyl (C=O) groups is 1. The van der Waals surface area contributed by atoms with Crippen molar-refractivity contribution in [2.24, 2.45) is 5.41 Å². The van der Waals surface area contributed by atoms with Crippen molar-refractivity contribution in [2.45, 2.75) is 96.3 Å². The lowest BCUT2D eigenvalue weighted by Gasteiger charge is -2.54. The molecule has 0 N–H and O–H groups in total. The monoisotopic (exact) mass is 448 g/mol. The average Bonchev–Trinajstić information content (AvgIpc) is 2.86. The predicted molar refractivity (Wildman–Crippen MR) is 134 cm³/mol. The first-order valence-corrected chi connectivity index (χ1v) is 13.1. The largest absolute Gasteiger partial charge is 0.494 e. The molecule has 178 valence electrons. The van der Waals surface area contributed by atoms with Gasteiger partial charge in [0.05, 0.1) is 12.2 Å². The first kappa shape index (κ1) is 23.9. The van der Waals surface area contributed by atoms with E-state index in [4.69, 9.17) is 9.47 Å². The van der Waals surface area contributed by atoms with Crippen LogP contribution in [-0.2, 0) is 5.41 Å². The molecule has 0 aromatic heterocycles. The summed E-state index contributed by atoms with van der Waals surface area (Å²) in [5.74, 6) is 1.06. The third kappa shape index (κ3) is 5.62. The maximum absolute atomic E-state index is 12.7. The highest BCUT2D eigenvalue weighted by molar-refractivity contribution is 5.91. The molecule has 2 bridgehead atoms. The van der Waals surface area contributed by atoms with Crippen LogP contribution < -0.4 is 9.47 Å². The fourth-order valence-electron chi connectivity index (χ4n) is 6.05. The van der Waals surface area contributed by atoms with Crippen molar-refractivity contribution < 1.29 is 14.3 Å². The zero-order chi connectivity index (χ0) is 23.2. The third-order valence-corrected chi connectivity index (χ3v) is 8.22. The van der Waals surface area contributed by atoms with Gasteiger partial charge in [0, 0.05) is 0 Å². The van der Waals surface area contributed by atoms with Crippen LogP contribution in [0.15, 0.2) is 48.5 Å². The van der Waals surface area contributed by atoms with E-state index in [9.17, 15) is 4.79 Å². The van der Waals surface area contributed by atoms with E-state index in [0.717, 1.165) is 18.8 Å². The Balaban J connectivity index is 1.30. The van der Waals surface area contributed by atoms with Gasteiger partial charge in [0.25, 0.3) is 0 Å². The van der Waals surface area contributed by atoms with Gasteiger partial charge in [0.15, 0.2) is 0 Å². The van der Waals surface area contributed by atoms with Crippen LogP contribution in [0.1, 0.15) is 107 Å². The van der Waals surface area contributed by atoms with Crippen LogP contribution in [0.25, 0.3) is 0 Å². The van der Waals surface area contributed by atoms with E-state index in [-0.39, 0.29) is 5.97 Å². The van der Waals surface area contributed by atoms with E-state index in [1.807, 2.05) is 24.3 Å². The molecule has 3 aliphatic carbocycles. The molecule has 0 atom stereocenters. The molecule has 0 spiro atoms. The van der Waals surface area contributed by atoms with E-state index in [2.05, 4.69) is 26.0 Å². The Bertz CT molecular complexity index is 873. The first-order chi connectivity index (χ1) is 16.1. The fraction of sp³-hybridized carbons (Fsp3) is 0.567. The van der Waals surface area contributed by atoms with Crippen molar-refractivity contribution >= 4 is 5.97 Å². The highest BCUT2D eigenvalue weighted by Gasteiger charge is 2.48. The van der Waals surface area contributed by atoms with Crippen molar-refractivity contribution in [3.05, 3.63) is 59.7 Å². The van der Waals surface area contributed by atoms with Crippen LogP contribution in [0.3, 0.4) is 0 Å². The van der Waals surface area contributed by atoms with E-state index in [0.29, 0.717) is 22.1 Å². The topological polar surface area (TPSA) is 35.5 Å². The Morgan fingerprint density at radius 1 is 0.758 bits per heavy atom. The van der Waals surface area contributed by atoms with Gasteiger partial charge in [-0.3, -0.25) is 0 Å². The van der Waals surface area contributed by atoms with Gasteiger partial charge >= 0.3 is 5.97 Å².